The van der Waals surface area contributed by atoms with E-state index < -0.39 is 0 Å². The fourth-order valence-electron chi connectivity index (χ4n) is 2.47. The first-order valence-corrected chi connectivity index (χ1v) is 7.72. The van der Waals surface area contributed by atoms with Gasteiger partial charge in [-0.1, -0.05) is 13.8 Å². The molecule has 0 radical (unpaired) electrons. The lowest BCUT2D eigenvalue weighted by Gasteiger charge is -2.09. The minimum atomic E-state index is 0.410. The molecule has 116 valence electrons. The van der Waals surface area contributed by atoms with E-state index in [0.717, 1.165) is 19.6 Å². The van der Waals surface area contributed by atoms with Crippen molar-refractivity contribution in [3.8, 4) is 0 Å². The standard InChI is InChI=1S/C16H27N5/c1-12(2)10-20-11-15(7-18-20)6-17-8-16-9-19-21(13(3)4)14(16)5/h7,9,11-13,17H,6,8,10H2,1-5H3. The lowest BCUT2D eigenvalue weighted by molar-refractivity contribution is 0.482. The van der Waals surface area contributed by atoms with Gasteiger partial charge in [-0.25, -0.2) is 0 Å². The molecule has 0 spiro atoms. The molecule has 2 rings (SSSR count). The Balaban J connectivity index is 1.85. The summed E-state index contributed by atoms with van der Waals surface area (Å²) >= 11 is 0. The number of hydrogen-bond acceptors (Lipinski definition) is 3. The van der Waals surface area contributed by atoms with Gasteiger partial charge in [-0.2, -0.15) is 10.2 Å². The Morgan fingerprint density at radius 1 is 1.10 bits per heavy atom. The molecule has 0 fully saturated rings. The van der Waals surface area contributed by atoms with E-state index in [-0.39, 0.29) is 0 Å². The molecule has 0 unspecified atom stereocenters. The lowest BCUT2D eigenvalue weighted by Crippen LogP contribution is -2.13. The Labute approximate surface area is 127 Å². The van der Waals surface area contributed by atoms with Crippen molar-refractivity contribution < 1.29 is 0 Å². The van der Waals surface area contributed by atoms with Gasteiger partial charge < -0.3 is 5.32 Å². The van der Waals surface area contributed by atoms with E-state index in [1.54, 1.807) is 0 Å². The summed E-state index contributed by atoms with van der Waals surface area (Å²) in [5, 5.41) is 12.3. The minimum absolute atomic E-state index is 0.410. The molecule has 0 aliphatic rings. The maximum atomic E-state index is 4.44. The highest BCUT2D eigenvalue weighted by Gasteiger charge is 2.08. The third-order valence-corrected chi connectivity index (χ3v) is 3.52. The third kappa shape index (κ3) is 4.17. The maximum Gasteiger partial charge on any atom is 0.0537 e. The van der Waals surface area contributed by atoms with Crippen LogP contribution >= 0.6 is 0 Å². The smallest absolute Gasteiger partial charge is 0.0537 e. The van der Waals surface area contributed by atoms with Crippen LogP contribution in [0.15, 0.2) is 18.6 Å². The zero-order valence-electron chi connectivity index (χ0n) is 13.8. The van der Waals surface area contributed by atoms with E-state index in [1.165, 1.54) is 16.8 Å². The molecule has 0 aromatic carbocycles. The summed E-state index contributed by atoms with van der Waals surface area (Å²) < 4.78 is 4.08. The first kappa shape index (κ1) is 15.8. The van der Waals surface area contributed by atoms with Crippen molar-refractivity contribution in [3.63, 3.8) is 0 Å². The molecule has 0 bridgehead atoms. The molecular weight excluding hydrogens is 262 g/mol. The molecule has 0 aliphatic heterocycles. The number of aromatic nitrogens is 4. The molecule has 21 heavy (non-hydrogen) atoms. The lowest BCUT2D eigenvalue weighted by atomic mass is 10.2. The molecule has 5 heteroatoms. The summed E-state index contributed by atoms with van der Waals surface area (Å²) in [4.78, 5) is 0. The first-order valence-electron chi connectivity index (χ1n) is 7.72. The van der Waals surface area contributed by atoms with Crippen LogP contribution in [0.25, 0.3) is 0 Å². The Morgan fingerprint density at radius 2 is 1.86 bits per heavy atom. The molecule has 0 amide bonds. The van der Waals surface area contributed by atoms with Gasteiger partial charge in [-0.05, 0) is 26.7 Å². The topological polar surface area (TPSA) is 47.7 Å². The van der Waals surface area contributed by atoms with Crippen molar-refractivity contribution in [2.24, 2.45) is 5.92 Å². The average Bonchev–Trinajstić information content (AvgIpc) is 2.97. The van der Waals surface area contributed by atoms with E-state index >= 15 is 0 Å². The zero-order valence-corrected chi connectivity index (χ0v) is 13.8. The number of nitrogens with zero attached hydrogens (tertiary/aromatic N) is 4. The number of hydrogen-bond donors (Lipinski definition) is 1. The summed E-state index contributed by atoms with van der Waals surface area (Å²) in [7, 11) is 0. The van der Waals surface area contributed by atoms with Crippen molar-refractivity contribution >= 4 is 0 Å². The van der Waals surface area contributed by atoms with Crippen molar-refractivity contribution in [2.75, 3.05) is 0 Å². The Morgan fingerprint density at radius 3 is 2.48 bits per heavy atom. The van der Waals surface area contributed by atoms with Crippen LogP contribution in [0.5, 0.6) is 0 Å². The van der Waals surface area contributed by atoms with Gasteiger partial charge in [0.1, 0.15) is 0 Å². The van der Waals surface area contributed by atoms with Crippen LogP contribution in [-0.4, -0.2) is 19.6 Å². The van der Waals surface area contributed by atoms with E-state index in [9.17, 15) is 0 Å². The van der Waals surface area contributed by atoms with Crippen LogP contribution in [0.3, 0.4) is 0 Å². The molecule has 0 saturated carbocycles. The van der Waals surface area contributed by atoms with Crippen LogP contribution in [0.1, 0.15) is 50.6 Å². The van der Waals surface area contributed by atoms with Crippen LogP contribution in [0.2, 0.25) is 0 Å². The van der Waals surface area contributed by atoms with Crippen molar-refractivity contribution in [1.29, 1.82) is 0 Å². The number of rotatable bonds is 7. The first-order chi connectivity index (χ1) is 9.97. The summed E-state index contributed by atoms with van der Waals surface area (Å²) in [6.45, 7) is 13.5. The minimum Gasteiger partial charge on any atom is -0.308 e. The maximum absolute atomic E-state index is 4.44. The second-order valence-corrected chi connectivity index (χ2v) is 6.36. The van der Waals surface area contributed by atoms with Gasteiger partial charge in [0.05, 0.1) is 12.4 Å². The molecule has 2 aromatic rings. The molecule has 1 N–H and O–H groups in total. The third-order valence-electron chi connectivity index (χ3n) is 3.52. The summed E-state index contributed by atoms with van der Waals surface area (Å²) in [5.41, 5.74) is 3.73. The van der Waals surface area contributed by atoms with Gasteiger partial charge >= 0.3 is 0 Å². The van der Waals surface area contributed by atoms with Crippen molar-refractivity contribution in [1.82, 2.24) is 24.9 Å². The highest BCUT2D eigenvalue weighted by atomic mass is 15.3. The van der Waals surface area contributed by atoms with Gasteiger partial charge in [0.2, 0.25) is 0 Å². The van der Waals surface area contributed by atoms with E-state index in [1.807, 2.05) is 17.1 Å². The van der Waals surface area contributed by atoms with Crippen LogP contribution in [0.4, 0.5) is 0 Å². The van der Waals surface area contributed by atoms with Crippen molar-refractivity contribution in [2.45, 2.75) is 60.3 Å². The van der Waals surface area contributed by atoms with Gasteiger partial charge in [-0.3, -0.25) is 9.36 Å². The highest BCUT2D eigenvalue weighted by molar-refractivity contribution is 5.16. The normalized spacial score (nSPS) is 11.8. The van der Waals surface area contributed by atoms with Gasteiger partial charge in [-0.15, -0.1) is 0 Å². The number of nitrogens with one attached hydrogen (secondary N) is 1. The Bertz CT molecular complexity index is 565. The summed E-state index contributed by atoms with van der Waals surface area (Å²) in [5.74, 6) is 0.621. The van der Waals surface area contributed by atoms with Crippen LogP contribution in [0, 0.1) is 12.8 Å². The molecule has 5 nitrogen and oxygen atoms in total. The van der Waals surface area contributed by atoms with E-state index in [2.05, 4.69) is 61.0 Å². The average molecular weight is 289 g/mol. The van der Waals surface area contributed by atoms with Gasteiger partial charge in [0, 0.05) is 48.7 Å². The fraction of sp³-hybridized carbons (Fsp3) is 0.625. The SMILES string of the molecule is Cc1c(CNCc2cnn(CC(C)C)c2)cnn1C(C)C. The molecule has 0 saturated heterocycles. The van der Waals surface area contributed by atoms with Crippen LogP contribution in [-0.2, 0) is 19.6 Å². The fourth-order valence-corrected chi connectivity index (χ4v) is 2.47. The quantitative estimate of drug-likeness (QED) is 0.852. The highest BCUT2D eigenvalue weighted by Crippen LogP contribution is 2.12. The van der Waals surface area contributed by atoms with Gasteiger partial charge in [0.15, 0.2) is 0 Å². The van der Waals surface area contributed by atoms with E-state index in [4.69, 9.17) is 0 Å². The Kier molecular flexibility index (Phi) is 5.17. The Hall–Kier alpha value is -1.62. The van der Waals surface area contributed by atoms with Crippen molar-refractivity contribution in [3.05, 3.63) is 35.4 Å². The predicted molar refractivity (Wildman–Crippen MR) is 85.0 cm³/mol. The zero-order chi connectivity index (χ0) is 15.4. The monoisotopic (exact) mass is 289 g/mol. The van der Waals surface area contributed by atoms with Crippen LogP contribution < -0.4 is 5.32 Å². The molecule has 0 atom stereocenters. The second-order valence-electron chi connectivity index (χ2n) is 6.36. The summed E-state index contributed by atoms with van der Waals surface area (Å²) in [6, 6.07) is 0.410. The predicted octanol–water partition coefficient (Wildman–Crippen LogP) is 2.91. The largest absolute Gasteiger partial charge is 0.308 e. The summed E-state index contributed by atoms with van der Waals surface area (Å²) in [6.07, 6.45) is 6.03. The molecular formula is C16H27N5. The molecule has 2 aromatic heterocycles. The van der Waals surface area contributed by atoms with E-state index in [0.29, 0.717) is 12.0 Å². The molecule has 2 heterocycles. The molecule has 0 aliphatic carbocycles. The van der Waals surface area contributed by atoms with Gasteiger partial charge in [0.25, 0.3) is 0 Å². The second kappa shape index (κ2) is 6.89.